The van der Waals surface area contributed by atoms with Gasteiger partial charge in [-0.3, -0.25) is 4.98 Å². The molecular formula is C19H13F3N4. The van der Waals surface area contributed by atoms with Gasteiger partial charge in [-0.2, -0.15) is 18.3 Å². The first-order valence-electron chi connectivity index (χ1n) is 7.92. The monoisotopic (exact) mass is 354 g/mol. The van der Waals surface area contributed by atoms with Gasteiger partial charge < -0.3 is 0 Å². The molecule has 0 amide bonds. The molecule has 2 aromatic heterocycles. The third-order valence-corrected chi connectivity index (χ3v) is 3.96. The fraction of sp³-hybridized carbons (Fsp3) is 0.105. The Hall–Kier alpha value is -3.22. The van der Waals surface area contributed by atoms with Crippen LogP contribution in [0.2, 0.25) is 0 Å². The first-order valence-corrected chi connectivity index (χ1v) is 7.92. The maximum atomic E-state index is 12.9. The smallest absolute Gasteiger partial charge is 0.251 e. The summed E-state index contributed by atoms with van der Waals surface area (Å²) in [6.45, 7) is 0. The minimum absolute atomic E-state index is 0.208. The second-order valence-corrected chi connectivity index (χ2v) is 5.81. The highest BCUT2D eigenvalue weighted by Gasteiger charge is 2.30. The molecule has 130 valence electrons. The Bertz CT molecular complexity index is 1060. The highest BCUT2D eigenvalue weighted by molar-refractivity contribution is 5.73. The molecule has 0 spiro atoms. The van der Waals surface area contributed by atoms with Gasteiger partial charge in [-0.05, 0) is 11.6 Å². The Labute approximate surface area is 147 Å². The number of nitrogens with zero attached hydrogens (tertiary/aromatic N) is 4. The van der Waals surface area contributed by atoms with Crippen LogP contribution in [0.4, 0.5) is 13.2 Å². The maximum Gasteiger partial charge on any atom is 0.416 e. The standard InChI is InChI=1S/C19H13F3N4/c20-19(21,22)15-8-4-5-13(11-15)12-16-24-18-17(14-6-2-1-3-7-14)23-9-10-26(18)25-16/h1-11H,12H2. The van der Waals surface area contributed by atoms with E-state index in [4.69, 9.17) is 0 Å². The molecule has 0 aliphatic rings. The van der Waals surface area contributed by atoms with Gasteiger partial charge in [0.25, 0.3) is 0 Å². The van der Waals surface area contributed by atoms with Crippen LogP contribution < -0.4 is 0 Å². The highest BCUT2D eigenvalue weighted by atomic mass is 19.4. The van der Waals surface area contributed by atoms with Gasteiger partial charge in [-0.1, -0.05) is 48.5 Å². The van der Waals surface area contributed by atoms with Crippen molar-refractivity contribution in [1.82, 2.24) is 19.6 Å². The molecule has 4 rings (SSSR count). The van der Waals surface area contributed by atoms with Crippen LogP contribution in [0.5, 0.6) is 0 Å². The molecule has 0 N–H and O–H groups in total. The highest BCUT2D eigenvalue weighted by Crippen LogP contribution is 2.30. The molecule has 0 fully saturated rings. The van der Waals surface area contributed by atoms with Crippen LogP contribution in [-0.2, 0) is 12.6 Å². The van der Waals surface area contributed by atoms with Gasteiger partial charge in [0.1, 0.15) is 5.69 Å². The average Bonchev–Trinajstić information content (AvgIpc) is 3.04. The van der Waals surface area contributed by atoms with Gasteiger partial charge in [0.05, 0.1) is 5.56 Å². The van der Waals surface area contributed by atoms with Crippen molar-refractivity contribution in [3.63, 3.8) is 0 Å². The largest absolute Gasteiger partial charge is 0.416 e. The predicted octanol–water partition coefficient (Wildman–Crippen LogP) is 4.40. The summed E-state index contributed by atoms with van der Waals surface area (Å²) in [5, 5.41) is 4.37. The van der Waals surface area contributed by atoms with Gasteiger partial charge in [-0.15, -0.1) is 0 Å². The van der Waals surface area contributed by atoms with Crippen LogP contribution in [0, 0.1) is 0 Å². The molecular weight excluding hydrogens is 341 g/mol. The van der Waals surface area contributed by atoms with Crippen molar-refractivity contribution in [1.29, 1.82) is 0 Å². The zero-order chi connectivity index (χ0) is 18.1. The van der Waals surface area contributed by atoms with Crippen molar-refractivity contribution in [3.8, 4) is 11.3 Å². The molecule has 0 aliphatic carbocycles. The number of hydrogen-bond acceptors (Lipinski definition) is 3. The van der Waals surface area contributed by atoms with Gasteiger partial charge in [-0.25, -0.2) is 9.50 Å². The van der Waals surface area contributed by atoms with Gasteiger partial charge in [0.15, 0.2) is 11.5 Å². The Morgan fingerprint density at radius 3 is 2.54 bits per heavy atom. The van der Waals surface area contributed by atoms with Gasteiger partial charge in [0.2, 0.25) is 0 Å². The number of fused-ring (bicyclic) bond motifs is 1. The first-order chi connectivity index (χ1) is 12.5. The summed E-state index contributed by atoms with van der Waals surface area (Å²) >= 11 is 0. The van der Waals surface area contributed by atoms with E-state index >= 15 is 0 Å². The third-order valence-electron chi connectivity index (χ3n) is 3.96. The van der Waals surface area contributed by atoms with Crippen molar-refractivity contribution in [2.45, 2.75) is 12.6 Å². The summed E-state index contributed by atoms with van der Waals surface area (Å²) in [6, 6.07) is 14.8. The first kappa shape index (κ1) is 16.3. The van der Waals surface area contributed by atoms with E-state index in [0.29, 0.717) is 22.7 Å². The second kappa shape index (κ2) is 6.25. The molecule has 0 aliphatic heterocycles. The number of halogens is 3. The normalized spacial score (nSPS) is 11.8. The number of rotatable bonds is 3. The number of benzene rings is 2. The summed E-state index contributed by atoms with van der Waals surface area (Å²) in [6.07, 6.45) is -0.866. The molecule has 0 unspecified atom stereocenters. The van der Waals surface area contributed by atoms with E-state index in [1.807, 2.05) is 30.3 Å². The summed E-state index contributed by atoms with van der Waals surface area (Å²) < 4.78 is 40.2. The van der Waals surface area contributed by atoms with Gasteiger partial charge in [0, 0.05) is 24.4 Å². The van der Waals surface area contributed by atoms with E-state index < -0.39 is 11.7 Å². The molecule has 4 nitrogen and oxygen atoms in total. The minimum Gasteiger partial charge on any atom is -0.251 e. The number of hydrogen-bond donors (Lipinski definition) is 0. The molecule has 0 radical (unpaired) electrons. The van der Waals surface area contributed by atoms with E-state index in [1.54, 1.807) is 23.0 Å². The quantitative estimate of drug-likeness (QED) is 0.548. The molecule has 2 aromatic carbocycles. The fourth-order valence-electron chi connectivity index (χ4n) is 2.78. The summed E-state index contributed by atoms with van der Waals surface area (Å²) in [5.41, 5.74) is 1.98. The SMILES string of the molecule is FC(F)(F)c1cccc(Cc2nc3c(-c4ccccc4)nccn3n2)c1. The van der Waals surface area contributed by atoms with Crippen molar-refractivity contribution >= 4 is 5.65 Å². The van der Waals surface area contributed by atoms with E-state index in [0.717, 1.165) is 17.7 Å². The fourth-order valence-corrected chi connectivity index (χ4v) is 2.78. The molecule has 2 heterocycles. The molecule has 7 heteroatoms. The summed E-state index contributed by atoms with van der Waals surface area (Å²) in [5.74, 6) is 0.439. The Morgan fingerprint density at radius 2 is 1.77 bits per heavy atom. The van der Waals surface area contributed by atoms with Gasteiger partial charge >= 0.3 is 6.18 Å². The summed E-state index contributed by atoms with van der Waals surface area (Å²) in [4.78, 5) is 8.86. The predicted molar refractivity (Wildman–Crippen MR) is 90.5 cm³/mol. The van der Waals surface area contributed by atoms with Crippen LogP contribution in [0.1, 0.15) is 17.0 Å². The zero-order valence-corrected chi connectivity index (χ0v) is 13.5. The van der Waals surface area contributed by atoms with E-state index in [-0.39, 0.29) is 6.42 Å². The minimum atomic E-state index is -4.37. The van der Waals surface area contributed by atoms with E-state index in [1.165, 1.54) is 6.07 Å². The van der Waals surface area contributed by atoms with E-state index in [2.05, 4.69) is 15.1 Å². The zero-order valence-electron chi connectivity index (χ0n) is 13.5. The number of aromatic nitrogens is 4. The lowest BCUT2D eigenvalue weighted by molar-refractivity contribution is -0.137. The summed E-state index contributed by atoms with van der Waals surface area (Å²) in [7, 11) is 0. The van der Waals surface area contributed by atoms with Crippen molar-refractivity contribution in [3.05, 3.63) is 83.9 Å². The molecule has 26 heavy (non-hydrogen) atoms. The van der Waals surface area contributed by atoms with Crippen LogP contribution in [0.3, 0.4) is 0 Å². The molecule has 0 bridgehead atoms. The average molecular weight is 354 g/mol. The maximum absolute atomic E-state index is 12.9. The van der Waals surface area contributed by atoms with Crippen molar-refractivity contribution in [2.24, 2.45) is 0 Å². The lowest BCUT2D eigenvalue weighted by Gasteiger charge is -2.07. The Balaban J connectivity index is 1.71. The second-order valence-electron chi connectivity index (χ2n) is 5.81. The molecule has 0 saturated carbocycles. The molecule has 0 atom stereocenters. The lowest BCUT2D eigenvalue weighted by Crippen LogP contribution is -2.05. The molecule has 4 aromatic rings. The van der Waals surface area contributed by atoms with Crippen LogP contribution >= 0.6 is 0 Å². The lowest BCUT2D eigenvalue weighted by atomic mass is 10.1. The topological polar surface area (TPSA) is 43.1 Å². The molecule has 0 saturated heterocycles. The van der Waals surface area contributed by atoms with Crippen LogP contribution in [-0.4, -0.2) is 19.6 Å². The van der Waals surface area contributed by atoms with Crippen LogP contribution in [0.15, 0.2) is 67.0 Å². The third kappa shape index (κ3) is 3.15. The van der Waals surface area contributed by atoms with Crippen molar-refractivity contribution in [2.75, 3.05) is 0 Å². The van der Waals surface area contributed by atoms with E-state index in [9.17, 15) is 13.2 Å². The van der Waals surface area contributed by atoms with Crippen LogP contribution in [0.25, 0.3) is 16.9 Å². The Kier molecular flexibility index (Phi) is 3.91. The Morgan fingerprint density at radius 1 is 0.962 bits per heavy atom. The number of alkyl halides is 3. The van der Waals surface area contributed by atoms with Crippen molar-refractivity contribution < 1.29 is 13.2 Å².